The van der Waals surface area contributed by atoms with Gasteiger partial charge in [0.05, 0.1) is 0 Å². The zero-order valence-electron chi connectivity index (χ0n) is 15.1. The van der Waals surface area contributed by atoms with E-state index in [2.05, 4.69) is 11.9 Å². The largest absolute Gasteiger partial charge is 0.309 e. The Bertz CT molecular complexity index is 629. The van der Waals surface area contributed by atoms with Crippen LogP contribution in [0.15, 0.2) is 4.99 Å². The SMILES string of the molecule is CN=C1CC[C@]2(C)C3CC[C@]4(C)C(=O)[C@H](F)CC4C3CC(=N)[C@H]2C1. The van der Waals surface area contributed by atoms with Crippen molar-refractivity contribution in [1.82, 2.24) is 0 Å². The predicted octanol–water partition coefficient (Wildman–Crippen LogP) is 4.25. The average Bonchev–Trinajstić information content (AvgIpc) is 2.79. The Morgan fingerprint density at radius 1 is 1.21 bits per heavy atom. The standard InChI is InChI=1S/C20H29FN2O/c1-19-6-4-11(23-3)8-15(19)17(22)9-12-13(19)5-7-20(2)14(12)10-16(21)18(20)24/h12-16,22H,4-10H2,1-3H3/t12?,13?,14?,15-,16-,19-,20+/m1/s1. The molecule has 3 nitrogen and oxygen atoms in total. The third-order valence-electron chi connectivity index (χ3n) is 8.36. The molecule has 0 heterocycles. The Morgan fingerprint density at radius 2 is 1.96 bits per heavy atom. The van der Waals surface area contributed by atoms with Crippen molar-refractivity contribution in [3.05, 3.63) is 0 Å². The maximum absolute atomic E-state index is 14.2. The third kappa shape index (κ3) is 1.97. The Morgan fingerprint density at radius 3 is 2.67 bits per heavy atom. The molecule has 4 rings (SSSR count). The maximum atomic E-state index is 14.2. The van der Waals surface area contributed by atoms with Gasteiger partial charge in [0.15, 0.2) is 12.0 Å². The number of carbonyl (C=O) groups excluding carboxylic acids is 1. The zero-order chi connectivity index (χ0) is 17.3. The van der Waals surface area contributed by atoms with E-state index in [4.69, 9.17) is 5.41 Å². The summed E-state index contributed by atoms with van der Waals surface area (Å²) in [6, 6.07) is 0. The molecule has 4 aliphatic carbocycles. The van der Waals surface area contributed by atoms with Crippen molar-refractivity contribution in [1.29, 1.82) is 5.41 Å². The number of Topliss-reactive ketones (excluding diaryl/α,β-unsaturated/α-hetero) is 1. The molecule has 0 aromatic carbocycles. The van der Waals surface area contributed by atoms with Gasteiger partial charge in [-0.3, -0.25) is 9.79 Å². The smallest absolute Gasteiger partial charge is 0.173 e. The number of carbonyl (C=O) groups is 1. The molecule has 24 heavy (non-hydrogen) atoms. The molecule has 3 unspecified atom stereocenters. The van der Waals surface area contributed by atoms with Crippen LogP contribution in [0.25, 0.3) is 0 Å². The Kier molecular flexibility index (Phi) is 3.57. The summed E-state index contributed by atoms with van der Waals surface area (Å²) in [7, 11) is 1.87. The number of fused-ring (bicyclic) bond motifs is 5. The molecule has 132 valence electrons. The monoisotopic (exact) mass is 332 g/mol. The number of hydrogen-bond acceptors (Lipinski definition) is 3. The molecule has 0 aliphatic heterocycles. The van der Waals surface area contributed by atoms with Crippen molar-refractivity contribution in [2.45, 2.75) is 65.0 Å². The van der Waals surface area contributed by atoms with Crippen molar-refractivity contribution in [2.24, 2.45) is 39.5 Å². The highest BCUT2D eigenvalue weighted by molar-refractivity contribution is 5.95. The van der Waals surface area contributed by atoms with Gasteiger partial charge >= 0.3 is 0 Å². The van der Waals surface area contributed by atoms with Gasteiger partial charge in [-0.1, -0.05) is 13.8 Å². The van der Waals surface area contributed by atoms with E-state index < -0.39 is 11.6 Å². The summed E-state index contributed by atoms with van der Waals surface area (Å²) in [5, 5.41) is 8.71. The van der Waals surface area contributed by atoms with Gasteiger partial charge in [-0.25, -0.2) is 4.39 Å². The van der Waals surface area contributed by atoms with Crippen LogP contribution in [0.5, 0.6) is 0 Å². The number of aliphatic imine (C=N–C) groups is 1. The summed E-state index contributed by atoms with van der Waals surface area (Å²) >= 11 is 0. The molecular weight excluding hydrogens is 303 g/mol. The fourth-order valence-electron chi connectivity index (χ4n) is 6.86. The van der Waals surface area contributed by atoms with Gasteiger partial charge in [0.2, 0.25) is 0 Å². The second-order valence-electron chi connectivity index (χ2n) is 9.18. The van der Waals surface area contributed by atoms with E-state index in [1.54, 1.807) is 0 Å². The van der Waals surface area contributed by atoms with E-state index in [1.807, 2.05) is 14.0 Å². The summed E-state index contributed by atoms with van der Waals surface area (Å²) in [6.45, 7) is 4.36. The van der Waals surface area contributed by atoms with Crippen LogP contribution in [0.3, 0.4) is 0 Å². The zero-order valence-corrected chi connectivity index (χ0v) is 15.1. The molecule has 0 bridgehead atoms. The van der Waals surface area contributed by atoms with Crippen LogP contribution in [0.4, 0.5) is 4.39 Å². The topological polar surface area (TPSA) is 53.3 Å². The van der Waals surface area contributed by atoms with Crippen molar-refractivity contribution >= 4 is 17.2 Å². The number of halogens is 1. The lowest BCUT2D eigenvalue weighted by Crippen LogP contribution is -2.56. The lowest BCUT2D eigenvalue weighted by molar-refractivity contribution is -0.135. The van der Waals surface area contributed by atoms with Crippen molar-refractivity contribution < 1.29 is 9.18 Å². The van der Waals surface area contributed by atoms with E-state index in [-0.39, 0.29) is 17.1 Å². The molecule has 4 heteroatoms. The highest BCUT2D eigenvalue weighted by atomic mass is 19.1. The van der Waals surface area contributed by atoms with Gasteiger partial charge in [-0.15, -0.1) is 0 Å². The van der Waals surface area contributed by atoms with Crippen LogP contribution in [-0.4, -0.2) is 30.4 Å². The number of nitrogens with zero attached hydrogens (tertiary/aromatic N) is 1. The molecule has 0 radical (unpaired) electrons. The minimum atomic E-state index is -1.27. The lowest BCUT2D eigenvalue weighted by Gasteiger charge is -2.59. The lowest BCUT2D eigenvalue weighted by atomic mass is 9.45. The van der Waals surface area contributed by atoms with Gasteiger partial charge < -0.3 is 5.41 Å². The highest BCUT2D eigenvalue weighted by Crippen LogP contribution is 2.64. The molecular formula is C20H29FN2O. The molecule has 0 aromatic rings. The highest BCUT2D eigenvalue weighted by Gasteiger charge is 2.63. The molecule has 4 fully saturated rings. The van der Waals surface area contributed by atoms with E-state index in [0.29, 0.717) is 24.2 Å². The van der Waals surface area contributed by atoms with E-state index in [9.17, 15) is 9.18 Å². The van der Waals surface area contributed by atoms with Crippen LogP contribution in [0, 0.1) is 39.9 Å². The van der Waals surface area contributed by atoms with Crippen LogP contribution in [0.1, 0.15) is 58.8 Å². The van der Waals surface area contributed by atoms with Crippen molar-refractivity contribution in [3.63, 3.8) is 0 Å². The molecule has 4 aliphatic rings. The fraction of sp³-hybridized carbons (Fsp3) is 0.850. The Hall–Kier alpha value is -1.06. The second kappa shape index (κ2) is 5.22. The third-order valence-corrected chi connectivity index (χ3v) is 8.36. The first-order valence-electron chi connectivity index (χ1n) is 9.51. The quantitative estimate of drug-likeness (QED) is 0.708. The Balaban J connectivity index is 1.69. The summed E-state index contributed by atoms with van der Waals surface area (Å²) < 4.78 is 14.2. The summed E-state index contributed by atoms with van der Waals surface area (Å²) in [5.74, 6) is 1.13. The van der Waals surface area contributed by atoms with E-state index in [1.165, 1.54) is 5.71 Å². The van der Waals surface area contributed by atoms with Crippen LogP contribution >= 0.6 is 0 Å². The number of hydrogen-bond donors (Lipinski definition) is 1. The number of rotatable bonds is 0. The average molecular weight is 332 g/mol. The molecule has 4 saturated carbocycles. The molecule has 0 amide bonds. The van der Waals surface area contributed by atoms with E-state index >= 15 is 0 Å². The van der Waals surface area contributed by atoms with Gasteiger partial charge in [-0.05, 0) is 68.1 Å². The van der Waals surface area contributed by atoms with Gasteiger partial charge in [0.25, 0.3) is 0 Å². The number of ketones is 1. The normalized spacial score (nSPS) is 52.8. The first-order valence-corrected chi connectivity index (χ1v) is 9.51. The maximum Gasteiger partial charge on any atom is 0.173 e. The van der Waals surface area contributed by atoms with Gasteiger partial charge in [0, 0.05) is 29.8 Å². The minimum Gasteiger partial charge on any atom is -0.309 e. The van der Waals surface area contributed by atoms with Crippen molar-refractivity contribution in [2.75, 3.05) is 7.05 Å². The summed E-state index contributed by atoms with van der Waals surface area (Å²) in [6.07, 6.45) is 4.80. The van der Waals surface area contributed by atoms with Crippen molar-refractivity contribution in [3.8, 4) is 0 Å². The van der Waals surface area contributed by atoms with Crippen LogP contribution in [0.2, 0.25) is 0 Å². The van der Waals surface area contributed by atoms with Crippen LogP contribution < -0.4 is 0 Å². The predicted molar refractivity (Wildman–Crippen MR) is 93.5 cm³/mol. The summed E-state index contributed by atoms with van der Waals surface area (Å²) in [4.78, 5) is 16.8. The first-order chi connectivity index (χ1) is 11.3. The number of alkyl halides is 1. The molecule has 1 N–H and O–H groups in total. The second-order valence-corrected chi connectivity index (χ2v) is 9.18. The van der Waals surface area contributed by atoms with E-state index in [0.717, 1.165) is 44.2 Å². The summed E-state index contributed by atoms with van der Waals surface area (Å²) in [5.41, 5.74) is 1.74. The van der Waals surface area contributed by atoms with Gasteiger partial charge in [-0.2, -0.15) is 0 Å². The fourth-order valence-corrected chi connectivity index (χ4v) is 6.86. The molecule has 0 saturated heterocycles. The van der Waals surface area contributed by atoms with Gasteiger partial charge in [0.1, 0.15) is 0 Å². The van der Waals surface area contributed by atoms with Crippen LogP contribution in [-0.2, 0) is 4.79 Å². The minimum absolute atomic E-state index is 0.132. The number of nitrogens with one attached hydrogen (secondary N) is 1. The molecule has 7 atom stereocenters. The Labute approximate surface area is 144 Å². The first kappa shape index (κ1) is 16.4. The molecule has 0 spiro atoms. The molecule has 0 aromatic heterocycles.